The van der Waals surface area contributed by atoms with Crippen LogP contribution >= 0.6 is 24.0 Å². The van der Waals surface area contributed by atoms with Crippen LogP contribution in [0.4, 0.5) is 4.79 Å². The maximum atomic E-state index is 11.7. The summed E-state index contributed by atoms with van der Waals surface area (Å²) in [5, 5.41) is 6.74. The molecule has 2 rings (SSSR count). The normalized spacial score (nSPS) is 15.4. The molecule has 1 aromatic heterocycles. The fourth-order valence-electron chi connectivity index (χ4n) is 2.63. The molecular formula is C16H29IN6O2. The fourth-order valence-corrected chi connectivity index (χ4v) is 2.63. The standard InChI is InChI=1S/C16H28N6O2.HI/c1-3-18-15(19-8-12-21-11-7-17-13-21)20-14-5-9-22(10-6-14)16(23)24-4-2;/h7,11,13-14H,3-6,8-10,12H2,1-2H3,(H2,18,19,20);1H. The Hall–Kier alpha value is -1.52. The van der Waals surface area contributed by atoms with Gasteiger partial charge in [-0.25, -0.2) is 9.78 Å². The molecular weight excluding hydrogens is 435 g/mol. The fraction of sp³-hybridized carbons (Fsp3) is 0.688. The van der Waals surface area contributed by atoms with Gasteiger partial charge < -0.3 is 24.8 Å². The smallest absolute Gasteiger partial charge is 0.409 e. The molecule has 2 heterocycles. The summed E-state index contributed by atoms with van der Waals surface area (Å²) < 4.78 is 7.05. The highest BCUT2D eigenvalue weighted by Gasteiger charge is 2.23. The Morgan fingerprint density at radius 3 is 2.72 bits per heavy atom. The number of hydrogen-bond acceptors (Lipinski definition) is 4. The zero-order chi connectivity index (χ0) is 17.2. The van der Waals surface area contributed by atoms with Crippen LogP contribution in [0.1, 0.15) is 26.7 Å². The van der Waals surface area contributed by atoms with Gasteiger partial charge in [-0.15, -0.1) is 24.0 Å². The molecule has 1 amide bonds. The van der Waals surface area contributed by atoms with Gasteiger partial charge in [0.15, 0.2) is 5.96 Å². The van der Waals surface area contributed by atoms with Crippen LogP contribution in [0.15, 0.2) is 23.7 Å². The maximum absolute atomic E-state index is 11.7. The monoisotopic (exact) mass is 464 g/mol. The lowest BCUT2D eigenvalue weighted by atomic mass is 10.1. The Morgan fingerprint density at radius 2 is 2.12 bits per heavy atom. The number of guanidine groups is 1. The molecule has 8 nitrogen and oxygen atoms in total. The minimum atomic E-state index is -0.211. The highest BCUT2D eigenvalue weighted by Crippen LogP contribution is 2.11. The number of rotatable bonds is 6. The highest BCUT2D eigenvalue weighted by molar-refractivity contribution is 14.0. The second kappa shape index (κ2) is 11.9. The van der Waals surface area contributed by atoms with E-state index >= 15 is 0 Å². The molecule has 0 spiro atoms. The van der Waals surface area contributed by atoms with Gasteiger partial charge in [-0.3, -0.25) is 4.99 Å². The van der Waals surface area contributed by atoms with Crippen molar-refractivity contribution in [2.24, 2.45) is 4.99 Å². The molecule has 1 aliphatic heterocycles. The van der Waals surface area contributed by atoms with Gasteiger partial charge in [0, 0.05) is 44.6 Å². The van der Waals surface area contributed by atoms with E-state index in [1.54, 1.807) is 17.4 Å². The molecule has 1 aromatic rings. The minimum absolute atomic E-state index is 0. The first-order valence-electron chi connectivity index (χ1n) is 8.65. The largest absolute Gasteiger partial charge is 0.450 e. The maximum Gasteiger partial charge on any atom is 0.409 e. The van der Waals surface area contributed by atoms with Crippen molar-refractivity contribution >= 4 is 36.0 Å². The average molecular weight is 464 g/mol. The highest BCUT2D eigenvalue weighted by atomic mass is 127. The number of likely N-dealkylation sites (tertiary alicyclic amines) is 1. The summed E-state index contributed by atoms with van der Waals surface area (Å²) in [5.41, 5.74) is 0. The summed E-state index contributed by atoms with van der Waals surface area (Å²) in [5.74, 6) is 0.826. The van der Waals surface area contributed by atoms with E-state index in [2.05, 4.69) is 27.5 Å². The SMILES string of the molecule is CCNC(=NCCn1ccnc1)NC1CCN(C(=O)OCC)CC1.I. The van der Waals surface area contributed by atoms with Gasteiger partial charge in [-0.1, -0.05) is 0 Å². The van der Waals surface area contributed by atoms with Crippen LogP contribution in [-0.2, 0) is 11.3 Å². The third-order valence-electron chi connectivity index (χ3n) is 3.89. The Kier molecular flexibility index (Phi) is 10.3. The molecule has 1 saturated heterocycles. The number of halogens is 1. The third kappa shape index (κ3) is 7.49. The number of carbonyl (C=O) groups excluding carboxylic acids is 1. The number of amides is 1. The van der Waals surface area contributed by atoms with E-state index in [0.29, 0.717) is 32.3 Å². The second-order valence-corrected chi connectivity index (χ2v) is 5.67. The third-order valence-corrected chi connectivity index (χ3v) is 3.89. The molecule has 25 heavy (non-hydrogen) atoms. The number of ether oxygens (including phenoxy) is 1. The van der Waals surface area contributed by atoms with Crippen LogP contribution in [0.5, 0.6) is 0 Å². The van der Waals surface area contributed by atoms with Crippen LogP contribution in [0.25, 0.3) is 0 Å². The predicted octanol–water partition coefficient (Wildman–Crippen LogP) is 1.68. The van der Waals surface area contributed by atoms with Crippen molar-refractivity contribution in [3.63, 3.8) is 0 Å². The Balaban J connectivity index is 0.00000312. The first kappa shape index (κ1) is 21.5. The zero-order valence-corrected chi connectivity index (χ0v) is 17.3. The van der Waals surface area contributed by atoms with Gasteiger partial charge in [0.2, 0.25) is 0 Å². The average Bonchev–Trinajstić information content (AvgIpc) is 3.09. The minimum Gasteiger partial charge on any atom is -0.450 e. The summed E-state index contributed by atoms with van der Waals surface area (Å²) in [6.07, 6.45) is 7.07. The molecule has 0 atom stereocenters. The summed E-state index contributed by atoms with van der Waals surface area (Å²) >= 11 is 0. The summed E-state index contributed by atoms with van der Waals surface area (Å²) in [6.45, 7) is 8.04. The van der Waals surface area contributed by atoms with Crippen molar-refractivity contribution in [2.75, 3.05) is 32.8 Å². The van der Waals surface area contributed by atoms with Crippen molar-refractivity contribution in [3.05, 3.63) is 18.7 Å². The first-order chi connectivity index (χ1) is 11.7. The van der Waals surface area contributed by atoms with Gasteiger partial charge in [-0.05, 0) is 26.7 Å². The molecule has 0 aromatic carbocycles. The van der Waals surface area contributed by atoms with E-state index < -0.39 is 0 Å². The van der Waals surface area contributed by atoms with E-state index in [9.17, 15) is 4.79 Å². The lowest BCUT2D eigenvalue weighted by molar-refractivity contribution is 0.0963. The zero-order valence-electron chi connectivity index (χ0n) is 15.0. The van der Waals surface area contributed by atoms with Crippen molar-refractivity contribution < 1.29 is 9.53 Å². The van der Waals surface area contributed by atoms with Gasteiger partial charge in [0.05, 0.1) is 19.5 Å². The van der Waals surface area contributed by atoms with Gasteiger partial charge >= 0.3 is 6.09 Å². The van der Waals surface area contributed by atoms with Crippen LogP contribution in [0.2, 0.25) is 0 Å². The Bertz CT molecular complexity index is 515. The first-order valence-corrected chi connectivity index (χ1v) is 8.65. The van der Waals surface area contributed by atoms with Crippen molar-refractivity contribution in [2.45, 2.75) is 39.3 Å². The lowest BCUT2D eigenvalue weighted by Crippen LogP contribution is -2.50. The van der Waals surface area contributed by atoms with Gasteiger partial charge in [0.1, 0.15) is 0 Å². The molecule has 0 bridgehead atoms. The molecule has 9 heteroatoms. The van der Waals surface area contributed by atoms with E-state index in [1.165, 1.54) is 0 Å². The van der Waals surface area contributed by atoms with E-state index in [4.69, 9.17) is 4.74 Å². The topological polar surface area (TPSA) is 83.8 Å². The van der Waals surface area contributed by atoms with Gasteiger partial charge in [-0.2, -0.15) is 0 Å². The summed E-state index contributed by atoms with van der Waals surface area (Å²) in [6, 6.07) is 0.321. The number of hydrogen-bond donors (Lipinski definition) is 2. The molecule has 2 N–H and O–H groups in total. The molecule has 0 unspecified atom stereocenters. The predicted molar refractivity (Wildman–Crippen MR) is 108 cm³/mol. The lowest BCUT2D eigenvalue weighted by Gasteiger charge is -2.32. The molecule has 0 radical (unpaired) electrons. The van der Waals surface area contributed by atoms with Crippen molar-refractivity contribution in [1.29, 1.82) is 0 Å². The number of nitrogens with zero attached hydrogens (tertiary/aromatic N) is 4. The van der Waals surface area contributed by atoms with Crippen LogP contribution in [0, 0.1) is 0 Å². The second-order valence-electron chi connectivity index (χ2n) is 5.67. The van der Waals surface area contributed by atoms with Gasteiger partial charge in [0.25, 0.3) is 0 Å². The van der Waals surface area contributed by atoms with Crippen molar-refractivity contribution in [1.82, 2.24) is 25.1 Å². The Labute approximate surface area is 166 Å². The van der Waals surface area contributed by atoms with E-state index in [0.717, 1.165) is 31.9 Å². The molecule has 1 aliphatic rings. The van der Waals surface area contributed by atoms with Crippen LogP contribution < -0.4 is 10.6 Å². The van der Waals surface area contributed by atoms with Crippen LogP contribution in [-0.4, -0.2) is 65.3 Å². The number of piperidine rings is 1. The summed E-state index contributed by atoms with van der Waals surface area (Å²) in [7, 11) is 0. The number of aliphatic imine (C=N–C) groups is 1. The molecule has 0 aliphatic carbocycles. The molecule has 0 saturated carbocycles. The number of aromatic nitrogens is 2. The quantitative estimate of drug-likeness (QED) is 0.380. The number of nitrogens with one attached hydrogen (secondary N) is 2. The number of imidazole rings is 1. The van der Waals surface area contributed by atoms with Crippen LogP contribution in [0.3, 0.4) is 0 Å². The molecule has 1 fully saturated rings. The van der Waals surface area contributed by atoms with Crippen molar-refractivity contribution in [3.8, 4) is 0 Å². The molecule has 142 valence electrons. The summed E-state index contributed by atoms with van der Waals surface area (Å²) in [4.78, 5) is 22.1. The van der Waals surface area contributed by atoms with E-state index in [1.807, 2.05) is 17.7 Å². The number of carbonyl (C=O) groups is 1. The van der Waals surface area contributed by atoms with E-state index in [-0.39, 0.29) is 30.1 Å². The Morgan fingerprint density at radius 1 is 1.36 bits per heavy atom.